The number of halogens is 3. The fourth-order valence-corrected chi connectivity index (χ4v) is 1.60. The van der Waals surface area contributed by atoms with E-state index in [-0.39, 0.29) is 12.4 Å². The van der Waals surface area contributed by atoms with Gasteiger partial charge in [-0.3, -0.25) is 0 Å². The number of hydrogen-bond acceptors (Lipinski definition) is 3. The van der Waals surface area contributed by atoms with E-state index >= 15 is 0 Å². The zero-order chi connectivity index (χ0) is 13.8. The van der Waals surface area contributed by atoms with E-state index < -0.39 is 17.8 Å². The molecule has 6 heteroatoms. The molecule has 0 saturated heterocycles. The lowest BCUT2D eigenvalue weighted by Crippen LogP contribution is -2.13. The van der Waals surface area contributed by atoms with E-state index in [1.54, 1.807) is 0 Å². The highest BCUT2D eigenvalue weighted by atomic mass is 19.4. The Morgan fingerprint density at radius 1 is 1.33 bits per heavy atom. The molecule has 3 N–H and O–H groups in total. The van der Waals surface area contributed by atoms with E-state index in [4.69, 9.17) is 15.6 Å². The van der Waals surface area contributed by atoms with Crippen molar-refractivity contribution >= 4 is 0 Å². The van der Waals surface area contributed by atoms with Gasteiger partial charge in [-0.2, -0.15) is 13.2 Å². The second-order valence-electron chi connectivity index (χ2n) is 3.96. The van der Waals surface area contributed by atoms with Crippen LogP contribution in [0.4, 0.5) is 13.2 Å². The fraction of sp³-hybridized carbons (Fsp3) is 0.500. The zero-order valence-electron chi connectivity index (χ0n) is 10.00. The van der Waals surface area contributed by atoms with Crippen LogP contribution >= 0.6 is 0 Å². The van der Waals surface area contributed by atoms with Crippen LogP contribution in [0.1, 0.15) is 30.0 Å². The molecule has 0 radical (unpaired) electrons. The van der Waals surface area contributed by atoms with Crippen LogP contribution in [0.15, 0.2) is 18.2 Å². The lowest BCUT2D eigenvalue weighted by molar-refractivity contribution is -0.137. The summed E-state index contributed by atoms with van der Waals surface area (Å²) in [5, 5.41) is 8.69. The van der Waals surface area contributed by atoms with Gasteiger partial charge in [0.15, 0.2) is 0 Å². The van der Waals surface area contributed by atoms with Gasteiger partial charge in [-0.25, -0.2) is 0 Å². The molecule has 1 aromatic carbocycles. The van der Waals surface area contributed by atoms with Crippen molar-refractivity contribution < 1.29 is 23.0 Å². The van der Waals surface area contributed by atoms with E-state index in [0.717, 1.165) is 12.1 Å². The number of alkyl halides is 3. The first-order valence-corrected chi connectivity index (χ1v) is 5.51. The first kappa shape index (κ1) is 14.8. The largest absolute Gasteiger partial charge is 0.497 e. The highest BCUT2D eigenvalue weighted by Crippen LogP contribution is 2.34. The molecule has 1 rings (SSSR count). The van der Waals surface area contributed by atoms with Crippen LogP contribution in [-0.2, 0) is 6.18 Å². The highest BCUT2D eigenvalue weighted by Gasteiger charge is 2.31. The molecule has 0 saturated carbocycles. The summed E-state index contributed by atoms with van der Waals surface area (Å²) >= 11 is 0. The van der Waals surface area contributed by atoms with E-state index in [1.807, 2.05) is 0 Å². The lowest BCUT2D eigenvalue weighted by Gasteiger charge is -2.16. The van der Waals surface area contributed by atoms with Gasteiger partial charge >= 0.3 is 6.18 Å². The Balaban J connectivity index is 3.04. The highest BCUT2D eigenvalue weighted by molar-refractivity contribution is 5.37. The topological polar surface area (TPSA) is 55.5 Å². The Labute approximate surface area is 103 Å². The molecule has 0 aliphatic rings. The molecule has 1 atom stereocenters. The van der Waals surface area contributed by atoms with E-state index in [1.165, 1.54) is 13.2 Å². The second kappa shape index (κ2) is 6.06. The number of aliphatic hydroxyl groups is 1. The normalized spacial score (nSPS) is 13.4. The van der Waals surface area contributed by atoms with Crippen molar-refractivity contribution in [1.29, 1.82) is 0 Å². The van der Waals surface area contributed by atoms with Crippen molar-refractivity contribution in [3.05, 3.63) is 29.3 Å². The molecule has 0 aliphatic carbocycles. The third-order valence-corrected chi connectivity index (χ3v) is 2.59. The Bertz CT molecular complexity index is 393. The summed E-state index contributed by atoms with van der Waals surface area (Å²) in [6.45, 7) is -0.0379. The molecule has 0 spiro atoms. The van der Waals surface area contributed by atoms with Gasteiger partial charge in [0.1, 0.15) is 5.75 Å². The average molecular weight is 263 g/mol. The molecule has 1 aromatic rings. The summed E-state index contributed by atoms with van der Waals surface area (Å²) in [6, 6.07) is 2.89. The summed E-state index contributed by atoms with van der Waals surface area (Å²) in [4.78, 5) is 0. The summed E-state index contributed by atoms with van der Waals surface area (Å²) < 4.78 is 42.8. The predicted molar refractivity (Wildman–Crippen MR) is 61.2 cm³/mol. The molecule has 0 amide bonds. The summed E-state index contributed by atoms with van der Waals surface area (Å²) in [5.74, 6) is 0.124. The molecular weight excluding hydrogens is 247 g/mol. The fourth-order valence-electron chi connectivity index (χ4n) is 1.60. The van der Waals surface area contributed by atoms with Gasteiger partial charge in [0.05, 0.1) is 12.7 Å². The van der Waals surface area contributed by atoms with E-state index in [2.05, 4.69) is 0 Å². The van der Waals surface area contributed by atoms with Crippen molar-refractivity contribution in [3.8, 4) is 5.75 Å². The number of aliphatic hydroxyl groups excluding tert-OH is 1. The minimum Gasteiger partial charge on any atom is -0.497 e. The molecular formula is C12H16F3NO2. The monoisotopic (exact) mass is 263 g/mol. The minimum atomic E-state index is -4.43. The molecule has 18 heavy (non-hydrogen) atoms. The number of nitrogens with two attached hydrogens (primary N) is 1. The quantitative estimate of drug-likeness (QED) is 0.858. The maximum absolute atomic E-state index is 12.7. The summed E-state index contributed by atoms with van der Waals surface area (Å²) in [7, 11) is 1.30. The van der Waals surface area contributed by atoms with Crippen LogP contribution in [0.2, 0.25) is 0 Å². The SMILES string of the molecule is COc1cc([C@H](N)CCCO)cc(C(F)(F)F)c1. The van der Waals surface area contributed by atoms with Crippen molar-refractivity contribution in [2.75, 3.05) is 13.7 Å². The van der Waals surface area contributed by atoms with Gasteiger partial charge in [0.25, 0.3) is 0 Å². The smallest absolute Gasteiger partial charge is 0.416 e. The van der Waals surface area contributed by atoms with E-state index in [9.17, 15) is 13.2 Å². The van der Waals surface area contributed by atoms with Crippen LogP contribution in [0, 0.1) is 0 Å². The van der Waals surface area contributed by atoms with Crippen molar-refractivity contribution in [2.45, 2.75) is 25.1 Å². The zero-order valence-corrected chi connectivity index (χ0v) is 10.00. The number of methoxy groups -OCH3 is 1. The lowest BCUT2D eigenvalue weighted by atomic mass is 10.00. The number of ether oxygens (including phenoxy) is 1. The molecule has 0 unspecified atom stereocenters. The van der Waals surface area contributed by atoms with Crippen LogP contribution in [-0.4, -0.2) is 18.8 Å². The summed E-state index contributed by atoms with van der Waals surface area (Å²) in [5.41, 5.74) is 5.36. The van der Waals surface area contributed by atoms with Crippen molar-refractivity contribution in [3.63, 3.8) is 0 Å². The first-order valence-electron chi connectivity index (χ1n) is 5.51. The molecule has 102 valence electrons. The molecule has 0 fully saturated rings. The van der Waals surface area contributed by atoms with Gasteiger partial charge in [-0.1, -0.05) is 0 Å². The Hall–Kier alpha value is -1.27. The average Bonchev–Trinajstić information content (AvgIpc) is 2.34. The molecule has 0 bridgehead atoms. The van der Waals surface area contributed by atoms with Crippen molar-refractivity contribution in [1.82, 2.24) is 0 Å². The van der Waals surface area contributed by atoms with Gasteiger partial charge in [0, 0.05) is 12.6 Å². The third kappa shape index (κ3) is 3.89. The molecule has 0 aromatic heterocycles. The van der Waals surface area contributed by atoms with Crippen LogP contribution in [0.25, 0.3) is 0 Å². The predicted octanol–water partition coefficient (Wildman–Crippen LogP) is 2.49. The van der Waals surface area contributed by atoms with Crippen LogP contribution < -0.4 is 10.5 Å². The Kier molecular flexibility index (Phi) is 4.98. The Morgan fingerprint density at radius 3 is 2.50 bits per heavy atom. The molecule has 0 heterocycles. The second-order valence-corrected chi connectivity index (χ2v) is 3.96. The number of hydrogen-bond donors (Lipinski definition) is 2. The minimum absolute atomic E-state index is 0.0379. The molecule has 3 nitrogen and oxygen atoms in total. The maximum Gasteiger partial charge on any atom is 0.416 e. The standard InChI is InChI=1S/C12H16F3NO2/c1-18-10-6-8(11(16)3-2-4-17)5-9(7-10)12(13,14)15/h5-7,11,17H,2-4,16H2,1H3/t11-/m1/s1. The van der Waals surface area contributed by atoms with Gasteiger partial charge in [-0.05, 0) is 36.6 Å². The van der Waals surface area contributed by atoms with Crippen LogP contribution in [0.3, 0.4) is 0 Å². The van der Waals surface area contributed by atoms with Gasteiger partial charge < -0.3 is 15.6 Å². The maximum atomic E-state index is 12.7. The Morgan fingerprint density at radius 2 is 2.00 bits per heavy atom. The summed E-state index contributed by atoms with van der Waals surface area (Å²) in [6.07, 6.45) is -3.57. The first-order chi connectivity index (χ1) is 8.38. The number of benzene rings is 1. The van der Waals surface area contributed by atoms with E-state index in [0.29, 0.717) is 18.4 Å². The third-order valence-electron chi connectivity index (χ3n) is 2.59. The van der Waals surface area contributed by atoms with Crippen LogP contribution in [0.5, 0.6) is 5.75 Å². The number of rotatable bonds is 5. The molecule has 0 aliphatic heterocycles. The van der Waals surface area contributed by atoms with Gasteiger partial charge in [0.2, 0.25) is 0 Å². The van der Waals surface area contributed by atoms with Gasteiger partial charge in [-0.15, -0.1) is 0 Å². The van der Waals surface area contributed by atoms with Crippen molar-refractivity contribution in [2.24, 2.45) is 5.73 Å².